The first-order chi connectivity index (χ1) is 13.8. The fourth-order valence-corrected chi connectivity index (χ4v) is 3.46. The lowest BCUT2D eigenvalue weighted by molar-refractivity contribution is -0.157. The second kappa shape index (κ2) is 11.6. The highest BCUT2D eigenvalue weighted by Gasteiger charge is 2.31. The number of alkyl halides is 3. The maximum absolute atomic E-state index is 12.4. The summed E-state index contributed by atoms with van der Waals surface area (Å²) in [5, 5.41) is 3.12. The van der Waals surface area contributed by atoms with Crippen LogP contribution in [0.25, 0.3) is 0 Å². The van der Waals surface area contributed by atoms with Gasteiger partial charge in [0.2, 0.25) is 5.91 Å². The number of guanidine groups is 1. The van der Waals surface area contributed by atoms with E-state index in [1.54, 1.807) is 0 Å². The molecule has 2 saturated heterocycles. The number of hydrogen-bond donors (Lipinski definition) is 1. The molecule has 2 fully saturated rings. The first-order valence-electron chi connectivity index (χ1n) is 10.4. The summed E-state index contributed by atoms with van der Waals surface area (Å²) in [5.74, 6) is -0.112. The lowest BCUT2D eigenvalue weighted by Crippen LogP contribution is -2.47. The predicted octanol–water partition coefficient (Wildman–Crippen LogP) is 2.02. The monoisotopic (exact) mass is 422 g/mol. The van der Waals surface area contributed by atoms with E-state index < -0.39 is 18.6 Å². The molecule has 1 unspecified atom stereocenters. The summed E-state index contributed by atoms with van der Waals surface area (Å²) in [6.45, 7) is 3.80. The van der Waals surface area contributed by atoms with E-state index in [2.05, 4.69) is 10.3 Å². The Hall–Kier alpha value is -1.55. The van der Waals surface area contributed by atoms with Gasteiger partial charge in [0.05, 0.1) is 18.8 Å². The van der Waals surface area contributed by atoms with E-state index >= 15 is 0 Å². The van der Waals surface area contributed by atoms with Gasteiger partial charge in [-0.2, -0.15) is 13.2 Å². The molecule has 1 amide bonds. The van der Waals surface area contributed by atoms with Gasteiger partial charge < -0.3 is 24.6 Å². The van der Waals surface area contributed by atoms with E-state index in [9.17, 15) is 18.0 Å². The predicted molar refractivity (Wildman–Crippen MR) is 104 cm³/mol. The van der Waals surface area contributed by atoms with E-state index in [1.165, 1.54) is 6.42 Å². The van der Waals surface area contributed by atoms with Crippen molar-refractivity contribution in [2.24, 2.45) is 4.99 Å². The molecule has 0 aromatic rings. The SMILES string of the molecule is CCNC(=NCC(=O)N(C)CC(F)(F)F)N1CCC(OCC2CCCCO2)CC1. The van der Waals surface area contributed by atoms with Gasteiger partial charge in [-0.15, -0.1) is 0 Å². The van der Waals surface area contributed by atoms with Gasteiger partial charge in [-0.05, 0) is 39.0 Å². The third kappa shape index (κ3) is 8.77. The van der Waals surface area contributed by atoms with Gasteiger partial charge in [-0.1, -0.05) is 0 Å². The average molecular weight is 422 g/mol. The standard InChI is InChI=1S/C19H33F3N4O3/c1-3-23-18(24-12-17(27)25(2)14-19(20,21)22)26-9-7-15(8-10-26)29-13-16-6-4-5-11-28-16/h15-16H,3-14H2,1-2H3,(H,23,24). The minimum atomic E-state index is -4.41. The summed E-state index contributed by atoms with van der Waals surface area (Å²) in [6, 6.07) is 0. The minimum absolute atomic E-state index is 0.166. The van der Waals surface area contributed by atoms with Crippen molar-refractivity contribution in [1.82, 2.24) is 15.1 Å². The summed E-state index contributed by atoms with van der Waals surface area (Å²) in [7, 11) is 1.14. The molecular weight excluding hydrogens is 389 g/mol. The zero-order chi connectivity index (χ0) is 21.3. The Morgan fingerprint density at radius 2 is 2.00 bits per heavy atom. The quantitative estimate of drug-likeness (QED) is 0.502. The van der Waals surface area contributed by atoms with Crippen molar-refractivity contribution in [2.45, 2.75) is 57.4 Å². The number of carbonyl (C=O) groups excluding carboxylic acids is 1. The van der Waals surface area contributed by atoms with Gasteiger partial charge in [0, 0.05) is 33.3 Å². The lowest BCUT2D eigenvalue weighted by atomic mass is 10.1. The Balaban J connectivity index is 1.78. The first kappa shape index (κ1) is 23.7. The zero-order valence-electron chi connectivity index (χ0n) is 17.3. The van der Waals surface area contributed by atoms with Crippen LogP contribution in [0.2, 0.25) is 0 Å². The first-order valence-corrected chi connectivity index (χ1v) is 10.4. The Labute approximate surface area is 170 Å². The number of amides is 1. The summed E-state index contributed by atoms with van der Waals surface area (Å²) in [4.78, 5) is 18.9. The Morgan fingerprint density at radius 3 is 2.59 bits per heavy atom. The van der Waals surface area contributed by atoms with Crippen molar-refractivity contribution in [3.63, 3.8) is 0 Å². The molecule has 0 aromatic heterocycles. The molecule has 0 aromatic carbocycles. The van der Waals surface area contributed by atoms with E-state index in [1.807, 2.05) is 11.8 Å². The van der Waals surface area contributed by atoms with Gasteiger partial charge in [-0.3, -0.25) is 4.79 Å². The normalized spacial score (nSPS) is 21.9. The van der Waals surface area contributed by atoms with E-state index in [0.717, 1.165) is 39.3 Å². The molecule has 2 rings (SSSR count). The molecule has 10 heteroatoms. The van der Waals surface area contributed by atoms with Crippen molar-refractivity contribution in [2.75, 3.05) is 53.0 Å². The van der Waals surface area contributed by atoms with Crippen LogP contribution in [0.15, 0.2) is 4.99 Å². The van der Waals surface area contributed by atoms with Gasteiger partial charge in [0.1, 0.15) is 13.1 Å². The van der Waals surface area contributed by atoms with E-state index in [4.69, 9.17) is 9.47 Å². The topological polar surface area (TPSA) is 66.4 Å². The molecule has 7 nitrogen and oxygen atoms in total. The van der Waals surface area contributed by atoms with Crippen LogP contribution in [-0.2, 0) is 14.3 Å². The largest absolute Gasteiger partial charge is 0.406 e. The number of carbonyl (C=O) groups is 1. The van der Waals surface area contributed by atoms with Crippen LogP contribution in [0.1, 0.15) is 39.0 Å². The Bertz CT molecular complexity index is 531. The zero-order valence-corrected chi connectivity index (χ0v) is 17.3. The van der Waals surface area contributed by atoms with E-state index in [-0.39, 0.29) is 18.8 Å². The molecule has 0 bridgehead atoms. The van der Waals surface area contributed by atoms with Crippen molar-refractivity contribution in [3.8, 4) is 0 Å². The fourth-order valence-electron chi connectivity index (χ4n) is 3.46. The number of halogens is 3. The summed E-state index contributed by atoms with van der Waals surface area (Å²) < 4.78 is 49.0. The van der Waals surface area contributed by atoms with Crippen molar-refractivity contribution >= 4 is 11.9 Å². The smallest absolute Gasteiger partial charge is 0.376 e. The number of nitrogens with zero attached hydrogens (tertiary/aromatic N) is 3. The Kier molecular flexibility index (Phi) is 9.48. The molecular formula is C19H33F3N4O3. The maximum Gasteiger partial charge on any atom is 0.406 e. The highest BCUT2D eigenvalue weighted by atomic mass is 19.4. The molecule has 1 atom stereocenters. The number of piperidine rings is 1. The molecule has 2 aliphatic heterocycles. The molecule has 0 spiro atoms. The van der Waals surface area contributed by atoms with Crippen molar-refractivity contribution in [3.05, 3.63) is 0 Å². The number of ether oxygens (including phenoxy) is 2. The fraction of sp³-hybridized carbons (Fsp3) is 0.895. The summed E-state index contributed by atoms with van der Waals surface area (Å²) in [5.41, 5.74) is 0. The second-order valence-electron chi connectivity index (χ2n) is 7.54. The van der Waals surface area contributed by atoms with Crippen LogP contribution in [0, 0.1) is 0 Å². The molecule has 0 aliphatic carbocycles. The molecule has 0 radical (unpaired) electrons. The minimum Gasteiger partial charge on any atom is -0.376 e. The highest BCUT2D eigenvalue weighted by molar-refractivity contribution is 5.85. The van der Waals surface area contributed by atoms with Crippen LogP contribution in [0.4, 0.5) is 13.2 Å². The van der Waals surface area contributed by atoms with Gasteiger partial charge in [0.15, 0.2) is 5.96 Å². The third-order valence-electron chi connectivity index (χ3n) is 5.07. The van der Waals surface area contributed by atoms with Crippen LogP contribution in [0.3, 0.4) is 0 Å². The molecule has 1 N–H and O–H groups in total. The Morgan fingerprint density at radius 1 is 1.28 bits per heavy atom. The summed E-state index contributed by atoms with van der Waals surface area (Å²) in [6.07, 6.45) is 0.968. The van der Waals surface area contributed by atoms with Crippen molar-refractivity contribution < 1.29 is 27.4 Å². The maximum atomic E-state index is 12.4. The molecule has 2 heterocycles. The van der Waals surface area contributed by atoms with Gasteiger partial charge in [0.25, 0.3) is 0 Å². The van der Waals surface area contributed by atoms with Gasteiger partial charge in [-0.25, -0.2) is 4.99 Å². The third-order valence-corrected chi connectivity index (χ3v) is 5.07. The van der Waals surface area contributed by atoms with Crippen molar-refractivity contribution in [1.29, 1.82) is 0 Å². The number of nitrogens with one attached hydrogen (secondary N) is 1. The van der Waals surface area contributed by atoms with Crippen LogP contribution >= 0.6 is 0 Å². The lowest BCUT2D eigenvalue weighted by Gasteiger charge is -2.35. The van der Waals surface area contributed by atoms with Crippen LogP contribution < -0.4 is 5.32 Å². The molecule has 168 valence electrons. The number of hydrogen-bond acceptors (Lipinski definition) is 4. The van der Waals surface area contributed by atoms with E-state index in [0.29, 0.717) is 37.1 Å². The highest BCUT2D eigenvalue weighted by Crippen LogP contribution is 2.18. The van der Waals surface area contributed by atoms with Crippen LogP contribution in [-0.4, -0.2) is 93.0 Å². The molecule has 2 aliphatic rings. The summed E-state index contributed by atoms with van der Waals surface area (Å²) >= 11 is 0. The number of likely N-dealkylation sites (tertiary alicyclic amines) is 1. The number of likely N-dealkylation sites (N-methyl/N-ethyl adjacent to an activating group) is 1. The van der Waals surface area contributed by atoms with Gasteiger partial charge >= 0.3 is 6.18 Å². The average Bonchev–Trinajstić information content (AvgIpc) is 2.69. The van der Waals surface area contributed by atoms with Crippen LogP contribution in [0.5, 0.6) is 0 Å². The molecule has 29 heavy (non-hydrogen) atoms. The second-order valence-corrected chi connectivity index (χ2v) is 7.54. The number of rotatable bonds is 7. The number of aliphatic imine (C=N–C) groups is 1. The molecule has 0 saturated carbocycles.